The molecule has 0 amide bonds. The van der Waals surface area contributed by atoms with Crippen molar-refractivity contribution in [3.05, 3.63) is 83.1 Å². The summed E-state index contributed by atoms with van der Waals surface area (Å²) in [6.07, 6.45) is 0.767. The molecule has 0 saturated carbocycles. The summed E-state index contributed by atoms with van der Waals surface area (Å²) in [5, 5.41) is 0.728. The third kappa shape index (κ3) is 3.73. The van der Waals surface area contributed by atoms with Crippen LogP contribution < -0.4 is 4.74 Å². The van der Waals surface area contributed by atoms with Crippen LogP contribution in [0.5, 0.6) is 5.75 Å². The Morgan fingerprint density at radius 3 is 2.64 bits per heavy atom. The number of halogens is 2. The summed E-state index contributed by atoms with van der Waals surface area (Å²) in [6, 6.07) is 20.2. The highest BCUT2D eigenvalue weighted by molar-refractivity contribution is 6.31. The number of benzene rings is 3. The van der Waals surface area contributed by atoms with Crippen molar-refractivity contribution < 1.29 is 9.13 Å². The number of imidazole rings is 1. The van der Waals surface area contributed by atoms with Gasteiger partial charge in [0.1, 0.15) is 17.4 Å². The summed E-state index contributed by atoms with van der Waals surface area (Å²) in [5.41, 5.74) is 3.34. The zero-order valence-corrected chi connectivity index (χ0v) is 16.3. The lowest BCUT2D eigenvalue weighted by atomic mass is 10.2. The molecule has 0 fully saturated rings. The largest absolute Gasteiger partial charge is 0.494 e. The third-order valence-electron chi connectivity index (χ3n) is 4.69. The SMILES string of the molecule is Cc1cc(OCCCn2c(-c3ccccc3F)nc3ccccc32)ccc1Cl. The number of nitrogens with zero attached hydrogens (tertiary/aromatic N) is 2. The molecule has 142 valence electrons. The Kier molecular flexibility index (Phi) is 5.31. The zero-order valence-electron chi connectivity index (χ0n) is 15.5. The number of para-hydroxylation sites is 2. The maximum Gasteiger partial charge on any atom is 0.144 e. The molecule has 4 aromatic rings. The smallest absolute Gasteiger partial charge is 0.144 e. The van der Waals surface area contributed by atoms with Crippen LogP contribution in [0.4, 0.5) is 4.39 Å². The number of aromatic nitrogens is 2. The Bertz CT molecular complexity index is 1120. The fraction of sp³-hybridized carbons (Fsp3) is 0.174. The number of ether oxygens (including phenoxy) is 1. The van der Waals surface area contributed by atoms with Crippen LogP contribution in [-0.2, 0) is 6.54 Å². The summed E-state index contributed by atoms with van der Waals surface area (Å²) in [4.78, 5) is 4.67. The van der Waals surface area contributed by atoms with Crippen LogP contribution >= 0.6 is 11.6 Å². The Hall–Kier alpha value is -2.85. The van der Waals surface area contributed by atoms with E-state index in [-0.39, 0.29) is 5.82 Å². The molecule has 5 heteroatoms. The topological polar surface area (TPSA) is 27.1 Å². The van der Waals surface area contributed by atoms with E-state index in [0.717, 1.165) is 33.8 Å². The Morgan fingerprint density at radius 1 is 1.04 bits per heavy atom. The molecular weight excluding hydrogens is 375 g/mol. The van der Waals surface area contributed by atoms with Gasteiger partial charge in [-0.25, -0.2) is 9.37 Å². The molecule has 0 aliphatic carbocycles. The second-order valence-electron chi connectivity index (χ2n) is 6.67. The first-order chi connectivity index (χ1) is 13.6. The van der Waals surface area contributed by atoms with Gasteiger partial charge in [-0.05, 0) is 61.4 Å². The van der Waals surface area contributed by atoms with E-state index in [2.05, 4.69) is 9.55 Å². The molecule has 0 aliphatic rings. The summed E-state index contributed by atoms with van der Waals surface area (Å²) in [6.45, 7) is 3.18. The van der Waals surface area contributed by atoms with Crippen LogP contribution in [0.3, 0.4) is 0 Å². The highest BCUT2D eigenvalue weighted by Crippen LogP contribution is 2.27. The average Bonchev–Trinajstić information content (AvgIpc) is 3.07. The normalized spacial score (nSPS) is 11.1. The van der Waals surface area contributed by atoms with Crippen LogP contribution in [0.15, 0.2) is 66.7 Å². The molecule has 0 aliphatic heterocycles. The quantitative estimate of drug-likeness (QED) is 0.360. The highest BCUT2D eigenvalue weighted by atomic mass is 35.5. The number of aryl methyl sites for hydroxylation is 2. The Labute approximate surface area is 168 Å². The van der Waals surface area contributed by atoms with E-state index < -0.39 is 0 Å². The lowest BCUT2D eigenvalue weighted by Crippen LogP contribution is -2.06. The first-order valence-electron chi connectivity index (χ1n) is 9.22. The van der Waals surface area contributed by atoms with Gasteiger partial charge in [-0.2, -0.15) is 0 Å². The average molecular weight is 395 g/mol. The predicted octanol–water partition coefficient (Wildman–Crippen LogP) is 6.27. The Morgan fingerprint density at radius 2 is 1.82 bits per heavy atom. The van der Waals surface area contributed by atoms with Crippen molar-refractivity contribution in [3.8, 4) is 17.1 Å². The molecule has 3 nitrogen and oxygen atoms in total. The van der Waals surface area contributed by atoms with Crippen LogP contribution in [0.25, 0.3) is 22.4 Å². The molecular formula is C23H20ClFN2O. The van der Waals surface area contributed by atoms with E-state index >= 15 is 0 Å². The molecule has 0 atom stereocenters. The van der Waals surface area contributed by atoms with Crippen molar-refractivity contribution in [3.63, 3.8) is 0 Å². The van der Waals surface area contributed by atoms with Crippen molar-refractivity contribution in [2.45, 2.75) is 19.9 Å². The molecule has 28 heavy (non-hydrogen) atoms. The summed E-state index contributed by atoms with van der Waals surface area (Å²) in [5.74, 6) is 1.17. The van der Waals surface area contributed by atoms with E-state index in [4.69, 9.17) is 16.3 Å². The number of hydrogen-bond donors (Lipinski definition) is 0. The second kappa shape index (κ2) is 8.03. The molecule has 0 spiro atoms. The molecule has 0 N–H and O–H groups in total. The fourth-order valence-electron chi connectivity index (χ4n) is 3.27. The summed E-state index contributed by atoms with van der Waals surface area (Å²) in [7, 11) is 0. The van der Waals surface area contributed by atoms with Crippen molar-refractivity contribution in [2.75, 3.05) is 6.61 Å². The van der Waals surface area contributed by atoms with Crippen molar-refractivity contribution in [1.82, 2.24) is 9.55 Å². The van der Waals surface area contributed by atoms with Gasteiger partial charge in [0.25, 0.3) is 0 Å². The van der Waals surface area contributed by atoms with Crippen molar-refractivity contribution in [2.24, 2.45) is 0 Å². The number of rotatable bonds is 6. The van der Waals surface area contributed by atoms with Gasteiger partial charge >= 0.3 is 0 Å². The van der Waals surface area contributed by atoms with Gasteiger partial charge in [0, 0.05) is 11.6 Å². The second-order valence-corrected chi connectivity index (χ2v) is 7.08. The minimum atomic E-state index is -0.271. The zero-order chi connectivity index (χ0) is 19.5. The standard InChI is InChI=1S/C23H20ClFN2O/c1-16-15-17(11-12-19(16)24)28-14-6-13-27-22-10-5-4-9-21(22)26-23(27)18-7-2-3-8-20(18)25/h2-5,7-12,15H,6,13-14H2,1H3. The van der Waals surface area contributed by atoms with E-state index in [1.54, 1.807) is 12.1 Å². The lowest BCUT2D eigenvalue weighted by molar-refractivity contribution is 0.302. The van der Waals surface area contributed by atoms with Crippen LogP contribution in [0.1, 0.15) is 12.0 Å². The van der Waals surface area contributed by atoms with Gasteiger partial charge in [0.05, 0.1) is 23.2 Å². The van der Waals surface area contributed by atoms with Gasteiger partial charge in [0.15, 0.2) is 0 Å². The lowest BCUT2D eigenvalue weighted by Gasteiger charge is -2.11. The molecule has 3 aromatic carbocycles. The first kappa shape index (κ1) is 18.5. The van der Waals surface area contributed by atoms with E-state index in [1.165, 1.54) is 6.07 Å². The fourth-order valence-corrected chi connectivity index (χ4v) is 3.39. The minimum absolute atomic E-state index is 0.271. The van der Waals surface area contributed by atoms with Gasteiger partial charge in [0.2, 0.25) is 0 Å². The van der Waals surface area contributed by atoms with Gasteiger partial charge in [-0.1, -0.05) is 35.9 Å². The van der Waals surface area contributed by atoms with E-state index in [1.807, 2.05) is 55.5 Å². The summed E-state index contributed by atoms with van der Waals surface area (Å²) < 4.78 is 22.3. The van der Waals surface area contributed by atoms with E-state index in [0.29, 0.717) is 24.5 Å². The number of fused-ring (bicyclic) bond motifs is 1. The third-order valence-corrected chi connectivity index (χ3v) is 5.12. The van der Waals surface area contributed by atoms with Crippen LogP contribution in [-0.4, -0.2) is 16.2 Å². The molecule has 0 saturated heterocycles. The van der Waals surface area contributed by atoms with Crippen molar-refractivity contribution in [1.29, 1.82) is 0 Å². The highest BCUT2D eigenvalue weighted by Gasteiger charge is 2.15. The Balaban J connectivity index is 1.55. The van der Waals surface area contributed by atoms with E-state index in [9.17, 15) is 4.39 Å². The minimum Gasteiger partial charge on any atom is -0.494 e. The number of hydrogen-bond acceptors (Lipinski definition) is 2. The molecule has 0 bridgehead atoms. The molecule has 1 aromatic heterocycles. The first-order valence-corrected chi connectivity index (χ1v) is 9.60. The molecule has 0 unspecified atom stereocenters. The van der Waals surface area contributed by atoms with Crippen molar-refractivity contribution >= 4 is 22.6 Å². The van der Waals surface area contributed by atoms with Crippen LogP contribution in [0, 0.1) is 12.7 Å². The van der Waals surface area contributed by atoms with Crippen LogP contribution in [0.2, 0.25) is 5.02 Å². The molecule has 1 heterocycles. The molecule has 4 rings (SSSR count). The summed E-state index contributed by atoms with van der Waals surface area (Å²) >= 11 is 6.06. The van der Waals surface area contributed by atoms with Gasteiger partial charge in [-0.3, -0.25) is 0 Å². The van der Waals surface area contributed by atoms with Gasteiger partial charge < -0.3 is 9.30 Å². The predicted molar refractivity (Wildman–Crippen MR) is 111 cm³/mol. The van der Waals surface area contributed by atoms with Gasteiger partial charge in [-0.15, -0.1) is 0 Å². The maximum atomic E-state index is 14.4. The maximum absolute atomic E-state index is 14.4. The molecule has 0 radical (unpaired) electrons. The monoisotopic (exact) mass is 394 g/mol.